The van der Waals surface area contributed by atoms with Crippen LogP contribution in [0.2, 0.25) is 5.02 Å². The molecule has 0 saturated carbocycles. The Morgan fingerprint density at radius 3 is 2.62 bits per heavy atom. The van der Waals surface area contributed by atoms with Gasteiger partial charge in [-0.3, -0.25) is 9.59 Å². The van der Waals surface area contributed by atoms with Crippen LogP contribution < -0.4 is 16.8 Å². The average Bonchev–Trinajstić information content (AvgIpc) is 2.16. The van der Waals surface area contributed by atoms with Gasteiger partial charge in [-0.25, -0.2) is 0 Å². The minimum Gasteiger partial charge on any atom is -0.398 e. The van der Waals surface area contributed by atoms with E-state index in [0.717, 1.165) is 0 Å². The molecule has 0 spiro atoms. The van der Waals surface area contributed by atoms with Crippen LogP contribution in [0.3, 0.4) is 0 Å². The molecule has 0 fully saturated rings. The van der Waals surface area contributed by atoms with Crippen LogP contribution in [0.1, 0.15) is 16.8 Å². The Bertz CT molecular complexity index is 421. The molecule has 0 unspecified atom stereocenters. The first-order valence-electron chi connectivity index (χ1n) is 4.62. The minimum absolute atomic E-state index is 0.0965. The predicted molar refractivity (Wildman–Crippen MR) is 62.0 cm³/mol. The molecule has 0 aliphatic carbocycles. The maximum absolute atomic E-state index is 11.6. The fourth-order valence-corrected chi connectivity index (χ4v) is 1.32. The third-order valence-electron chi connectivity index (χ3n) is 1.92. The number of rotatable bonds is 4. The Kier molecular flexibility index (Phi) is 4.13. The summed E-state index contributed by atoms with van der Waals surface area (Å²) in [5.74, 6) is -0.820. The number of hydrogen-bond acceptors (Lipinski definition) is 3. The molecule has 0 radical (unpaired) electrons. The molecule has 86 valence electrons. The molecule has 0 atom stereocenters. The lowest BCUT2D eigenvalue weighted by Crippen LogP contribution is -2.28. The summed E-state index contributed by atoms with van der Waals surface area (Å²) in [6, 6.07) is 4.59. The number of carbonyl (C=O) groups is 2. The molecule has 0 saturated heterocycles. The summed E-state index contributed by atoms with van der Waals surface area (Å²) < 4.78 is 0. The van der Waals surface area contributed by atoms with E-state index in [2.05, 4.69) is 5.32 Å². The highest BCUT2D eigenvalue weighted by Crippen LogP contribution is 2.17. The molecule has 0 bridgehead atoms. The fraction of sp³-hybridized carbons (Fsp3) is 0.200. The molecule has 16 heavy (non-hydrogen) atoms. The van der Waals surface area contributed by atoms with Crippen molar-refractivity contribution in [3.8, 4) is 0 Å². The molecule has 6 heteroatoms. The van der Waals surface area contributed by atoms with Crippen LogP contribution in [0.25, 0.3) is 0 Å². The second-order valence-electron chi connectivity index (χ2n) is 3.20. The van der Waals surface area contributed by atoms with E-state index in [9.17, 15) is 9.59 Å². The van der Waals surface area contributed by atoms with Gasteiger partial charge in [-0.15, -0.1) is 0 Å². The molecule has 1 aromatic rings. The summed E-state index contributed by atoms with van der Waals surface area (Å²) in [5, 5.41) is 2.99. The van der Waals surface area contributed by atoms with Crippen molar-refractivity contribution < 1.29 is 9.59 Å². The van der Waals surface area contributed by atoms with Gasteiger partial charge >= 0.3 is 0 Å². The zero-order valence-corrected chi connectivity index (χ0v) is 9.25. The second kappa shape index (κ2) is 5.37. The number of carbonyl (C=O) groups excluding carboxylic acids is 2. The van der Waals surface area contributed by atoms with Crippen LogP contribution in [0.4, 0.5) is 5.69 Å². The lowest BCUT2D eigenvalue weighted by Gasteiger charge is -2.06. The highest BCUT2D eigenvalue weighted by molar-refractivity contribution is 6.31. The quantitative estimate of drug-likeness (QED) is 0.671. The molecule has 1 rings (SSSR count). The zero-order chi connectivity index (χ0) is 12.1. The van der Waals surface area contributed by atoms with Crippen molar-refractivity contribution in [3.63, 3.8) is 0 Å². The molecule has 0 aliphatic rings. The predicted octanol–water partition coefficient (Wildman–Crippen LogP) is 0.527. The van der Waals surface area contributed by atoms with Gasteiger partial charge in [0.05, 0.1) is 5.56 Å². The number of nitrogens with two attached hydrogens (primary N) is 2. The molecule has 2 amide bonds. The third-order valence-corrected chi connectivity index (χ3v) is 2.15. The Morgan fingerprint density at radius 1 is 1.38 bits per heavy atom. The van der Waals surface area contributed by atoms with Crippen molar-refractivity contribution in [1.29, 1.82) is 0 Å². The summed E-state index contributed by atoms with van der Waals surface area (Å²) in [6.07, 6.45) is 0.0965. The van der Waals surface area contributed by atoms with Gasteiger partial charge < -0.3 is 16.8 Å². The maximum atomic E-state index is 11.6. The zero-order valence-electron chi connectivity index (χ0n) is 8.50. The molecule has 0 heterocycles. The summed E-state index contributed by atoms with van der Waals surface area (Å²) in [6.45, 7) is 0.191. The van der Waals surface area contributed by atoms with Gasteiger partial charge in [-0.2, -0.15) is 0 Å². The van der Waals surface area contributed by atoms with Crippen LogP contribution in [-0.2, 0) is 4.79 Å². The van der Waals surface area contributed by atoms with Gasteiger partial charge in [0.1, 0.15) is 0 Å². The second-order valence-corrected chi connectivity index (χ2v) is 3.64. The summed E-state index contributed by atoms with van der Waals surface area (Å²) in [5.41, 5.74) is 11.2. The van der Waals surface area contributed by atoms with Crippen molar-refractivity contribution in [1.82, 2.24) is 5.32 Å². The topological polar surface area (TPSA) is 98.2 Å². The molecule has 0 aliphatic heterocycles. The summed E-state index contributed by atoms with van der Waals surface area (Å²) >= 11 is 5.69. The Labute approximate surface area is 97.7 Å². The number of primary amides is 1. The van der Waals surface area contributed by atoms with E-state index < -0.39 is 5.91 Å². The van der Waals surface area contributed by atoms with Crippen molar-refractivity contribution >= 4 is 29.1 Å². The normalized spacial score (nSPS) is 9.81. The van der Waals surface area contributed by atoms with Crippen LogP contribution in [0, 0.1) is 0 Å². The first-order chi connectivity index (χ1) is 7.50. The first-order valence-corrected chi connectivity index (χ1v) is 5.00. The van der Waals surface area contributed by atoms with Gasteiger partial charge in [-0.05, 0) is 18.2 Å². The monoisotopic (exact) mass is 241 g/mol. The SMILES string of the molecule is NC(=O)CCNC(=O)c1ccc(Cl)cc1N. The highest BCUT2D eigenvalue weighted by Gasteiger charge is 2.09. The van der Waals surface area contributed by atoms with Gasteiger partial charge in [0.15, 0.2) is 0 Å². The number of nitrogens with one attached hydrogen (secondary N) is 1. The number of benzene rings is 1. The van der Waals surface area contributed by atoms with Gasteiger partial charge in [-0.1, -0.05) is 11.6 Å². The molecule has 0 aromatic heterocycles. The van der Waals surface area contributed by atoms with E-state index in [1.807, 2.05) is 0 Å². The lowest BCUT2D eigenvalue weighted by molar-refractivity contribution is -0.117. The number of nitrogen functional groups attached to an aromatic ring is 1. The number of anilines is 1. The first kappa shape index (κ1) is 12.3. The van der Waals surface area contributed by atoms with Crippen LogP contribution in [-0.4, -0.2) is 18.4 Å². The highest BCUT2D eigenvalue weighted by atomic mass is 35.5. The summed E-state index contributed by atoms with van der Waals surface area (Å²) in [4.78, 5) is 22.0. The summed E-state index contributed by atoms with van der Waals surface area (Å²) in [7, 11) is 0. The van der Waals surface area contributed by atoms with E-state index in [4.69, 9.17) is 23.1 Å². The fourth-order valence-electron chi connectivity index (χ4n) is 1.13. The van der Waals surface area contributed by atoms with Crippen molar-refractivity contribution in [2.75, 3.05) is 12.3 Å². The minimum atomic E-state index is -0.468. The number of amides is 2. The van der Waals surface area contributed by atoms with Gasteiger partial charge in [0.2, 0.25) is 5.91 Å². The third kappa shape index (κ3) is 3.43. The van der Waals surface area contributed by atoms with Gasteiger partial charge in [0, 0.05) is 23.7 Å². The molecule has 5 nitrogen and oxygen atoms in total. The average molecular weight is 242 g/mol. The number of hydrogen-bond donors (Lipinski definition) is 3. The van der Waals surface area contributed by atoms with Crippen LogP contribution in [0.15, 0.2) is 18.2 Å². The van der Waals surface area contributed by atoms with E-state index in [1.165, 1.54) is 12.1 Å². The van der Waals surface area contributed by atoms with Crippen molar-refractivity contribution in [2.24, 2.45) is 5.73 Å². The van der Waals surface area contributed by atoms with E-state index in [-0.39, 0.29) is 18.9 Å². The smallest absolute Gasteiger partial charge is 0.253 e. The van der Waals surface area contributed by atoms with E-state index >= 15 is 0 Å². The Morgan fingerprint density at radius 2 is 2.06 bits per heavy atom. The van der Waals surface area contributed by atoms with Gasteiger partial charge in [0.25, 0.3) is 5.91 Å². The van der Waals surface area contributed by atoms with Crippen LogP contribution in [0.5, 0.6) is 0 Å². The molecular weight excluding hydrogens is 230 g/mol. The standard InChI is InChI=1S/C10H12ClN3O2/c11-6-1-2-7(8(12)5-6)10(16)14-4-3-9(13)15/h1-2,5H,3-4,12H2,(H2,13,15)(H,14,16). The number of halogens is 1. The van der Waals surface area contributed by atoms with E-state index in [1.54, 1.807) is 6.07 Å². The largest absolute Gasteiger partial charge is 0.398 e. The molecule has 1 aromatic carbocycles. The Balaban J connectivity index is 2.63. The lowest BCUT2D eigenvalue weighted by atomic mass is 10.1. The molecule has 5 N–H and O–H groups in total. The van der Waals surface area contributed by atoms with Crippen LogP contribution >= 0.6 is 11.6 Å². The Hall–Kier alpha value is -1.75. The van der Waals surface area contributed by atoms with E-state index in [0.29, 0.717) is 16.3 Å². The maximum Gasteiger partial charge on any atom is 0.253 e. The van der Waals surface area contributed by atoms with Crippen molar-refractivity contribution in [3.05, 3.63) is 28.8 Å². The van der Waals surface area contributed by atoms with Crippen molar-refractivity contribution in [2.45, 2.75) is 6.42 Å². The molecular formula is C10H12ClN3O2.